The van der Waals surface area contributed by atoms with Crippen LogP contribution in [0.15, 0.2) is 0 Å². The van der Waals surface area contributed by atoms with Crippen LogP contribution in [0.25, 0.3) is 0 Å². The average Bonchev–Trinajstić information content (AvgIpc) is 2.80. The maximum absolute atomic E-state index is 8.60. The Hall–Kier alpha value is -0.770. The van der Waals surface area contributed by atoms with E-state index in [1.807, 2.05) is 0 Å². The molecule has 0 aromatic rings. The van der Waals surface area contributed by atoms with E-state index in [1.54, 1.807) is 0 Å². The van der Waals surface area contributed by atoms with Crippen LogP contribution in [0.4, 0.5) is 4.42 Å². The van der Waals surface area contributed by atoms with E-state index in [9.17, 15) is 0 Å². The van der Waals surface area contributed by atoms with Crippen molar-refractivity contribution < 1.29 is 19.0 Å². The molecule has 94 valence electrons. The van der Waals surface area contributed by atoms with E-state index in [0.717, 1.165) is 19.3 Å². The molecule has 1 heterocycles. The maximum atomic E-state index is 8.60. The zero-order chi connectivity index (χ0) is 11.5. The first-order chi connectivity index (χ1) is 7.93. The molecule has 0 aromatic heterocycles. The molecule has 0 amide bonds. The quantitative estimate of drug-likeness (QED) is 0.376. The molecule has 1 saturated heterocycles. The summed E-state index contributed by atoms with van der Waals surface area (Å²) >= 11 is 0. The number of ether oxygens (including phenoxy) is 2. The molecular formula is C12H23O4+. The topological polar surface area (TPSA) is 50.0 Å². The van der Waals surface area contributed by atoms with Crippen molar-refractivity contribution in [2.45, 2.75) is 44.9 Å². The SMILES string of the molecule is OCCCCCCCCC[O+]=C1OCCO1. The van der Waals surface area contributed by atoms with Crippen molar-refractivity contribution in [1.29, 1.82) is 0 Å². The van der Waals surface area contributed by atoms with Gasteiger partial charge in [-0.05, 0) is 19.3 Å². The van der Waals surface area contributed by atoms with Crippen LogP contribution in [0.5, 0.6) is 0 Å². The van der Waals surface area contributed by atoms with Crippen molar-refractivity contribution in [3.05, 3.63) is 0 Å². The third kappa shape index (κ3) is 6.67. The van der Waals surface area contributed by atoms with Gasteiger partial charge in [-0.3, -0.25) is 0 Å². The summed E-state index contributed by atoms with van der Waals surface area (Å²) in [4.78, 5) is 0. The number of cyclic esters (lactones) is 2. The Labute approximate surface area is 97.2 Å². The molecule has 0 aliphatic carbocycles. The maximum Gasteiger partial charge on any atom is 0.714 e. The molecule has 1 aliphatic rings. The van der Waals surface area contributed by atoms with Gasteiger partial charge >= 0.3 is 6.16 Å². The summed E-state index contributed by atoms with van der Waals surface area (Å²) in [5.74, 6) is 0. The Bertz CT molecular complexity index is 183. The van der Waals surface area contributed by atoms with E-state index in [2.05, 4.69) is 0 Å². The minimum atomic E-state index is 0.326. The van der Waals surface area contributed by atoms with Gasteiger partial charge in [0.25, 0.3) is 0 Å². The molecule has 0 saturated carbocycles. The molecule has 1 N–H and O–H groups in total. The third-order valence-corrected chi connectivity index (χ3v) is 2.55. The van der Waals surface area contributed by atoms with E-state index >= 15 is 0 Å². The zero-order valence-electron chi connectivity index (χ0n) is 9.95. The van der Waals surface area contributed by atoms with Crippen molar-refractivity contribution in [2.75, 3.05) is 26.4 Å². The second-order valence-electron chi connectivity index (χ2n) is 3.99. The van der Waals surface area contributed by atoms with Crippen molar-refractivity contribution in [1.82, 2.24) is 0 Å². The number of carbonyl (C=O) groups excluding carboxylic acids is 1. The van der Waals surface area contributed by atoms with Crippen molar-refractivity contribution >= 4 is 6.16 Å². The third-order valence-electron chi connectivity index (χ3n) is 2.55. The first-order valence-corrected chi connectivity index (χ1v) is 6.29. The Morgan fingerprint density at radius 1 is 0.875 bits per heavy atom. The van der Waals surface area contributed by atoms with Crippen molar-refractivity contribution in [3.8, 4) is 0 Å². The molecule has 0 unspecified atom stereocenters. The summed E-state index contributed by atoms with van der Waals surface area (Å²) in [6, 6.07) is 0. The molecule has 0 spiro atoms. The molecule has 0 aromatic carbocycles. The van der Waals surface area contributed by atoms with Gasteiger partial charge in [0.2, 0.25) is 13.2 Å². The van der Waals surface area contributed by atoms with Gasteiger partial charge in [-0.25, -0.2) is 0 Å². The first kappa shape index (κ1) is 13.3. The number of hydrogen-bond acceptors (Lipinski definition) is 3. The van der Waals surface area contributed by atoms with Crippen LogP contribution >= 0.6 is 0 Å². The highest BCUT2D eigenvalue weighted by Crippen LogP contribution is 2.08. The lowest BCUT2D eigenvalue weighted by Crippen LogP contribution is -1.95. The Balaban J connectivity index is 1.79. The van der Waals surface area contributed by atoms with Gasteiger partial charge in [0.05, 0.1) is 0 Å². The minimum absolute atomic E-state index is 0.326. The Morgan fingerprint density at radius 2 is 1.44 bits per heavy atom. The van der Waals surface area contributed by atoms with Crippen LogP contribution < -0.4 is 0 Å². The molecular weight excluding hydrogens is 208 g/mol. The molecule has 1 rings (SSSR count). The Morgan fingerprint density at radius 3 is 2.06 bits per heavy atom. The summed E-state index contributed by atoms with van der Waals surface area (Å²) in [5, 5.41) is 8.60. The largest absolute Gasteiger partial charge is 0.714 e. The predicted octanol–water partition coefficient (Wildman–Crippen LogP) is 2.41. The van der Waals surface area contributed by atoms with E-state index in [4.69, 9.17) is 19.0 Å². The minimum Gasteiger partial charge on any atom is -0.396 e. The van der Waals surface area contributed by atoms with E-state index < -0.39 is 0 Å². The molecule has 16 heavy (non-hydrogen) atoms. The summed E-state index contributed by atoms with van der Waals surface area (Å²) in [6.45, 7) is 2.23. The van der Waals surface area contributed by atoms with E-state index in [-0.39, 0.29) is 0 Å². The lowest BCUT2D eigenvalue weighted by molar-refractivity contribution is -0.171. The monoisotopic (exact) mass is 231 g/mol. The fourth-order valence-electron chi connectivity index (χ4n) is 1.63. The van der Waals surface area contributed by atoms with Crippen molar-refractivity contribution in [2.24, 2.45) is 0 Å². The molecule has 0 bridgehead atoms. The smallest absolute Gasteiger partial charge is 0.396 e. The van der Waals surface area contributed by atoms with Crippen LogP contribution in [0.1, 0.15) is 44.9 Å². The highest BCUT2D eigenvalue weighted by molar-refractivity contribution is 5.61. The van der Waals surface area contributed by atoms with Gasteiger partial charge in [-0.1, -0.05) is 25.7 Å². The number of hydrogen-bond donors (Lipinski definition) is 1. The molecule has 0 atom stereocenters. The molecule has 4 heteroatoms. The average molecular weight is 231 g/mol. The number of unbranched alkanes of at least 4 members (excludes halogenated alkanes) is 6. The van der Waals surface area contributed by atoms with Gasteiger partial charge in [0, 0.05) is 6.61 Å². The van der Waals surface area contributed by atoms with Crippen LogP contribution in [-0.4, -0.2) is 37.7 Å². The lowest BCUT2D eigenvalue weighted by Gasteiger charge is -1.98. The van der Waals surface area contributed by atoms with Gasteiger partial charge in [0.15, 0.2) is 6.61 Å². The fraction of sp³-hybridized carbons (Fsp3) is 0.917. The van der Waals surface area contributed by atoms with Crippen molar-refractivity contribution in [3.63, 3.8) is 0 Å². The summed E-state index contributed by atoms with van der Waals surface area (Å²) in [5.41, 5.74) is 0. The second kappa shape index (κ2) is 9.46. The Kier molecular flexibility index (Phi) is 7.86. The molecule has 0 radical (unpaired) electrons. The number of aliphatic hydroxyl groups excluding tert-OH is 1. The van der Waals surface area contributed by atoms with Gasteiger partial charge < -0.3 is 19.0 Å². The van der Waals surface area contributed by atoms with Crippen LogP contribution in [0, 0.1) is 0 Å². The van der Waals surface area contributed by atoms with Crippen LogP contribution in [0.3, 0.4) is 0 Å². The van der Waals surface area contributed by atoms with Gasteiger partial charge in [0.1, 0.15) is 0 Å². The summed E-state index contributed by atoms with van der Waals surface area (Å²) in [7, 11) is 0. The number of rotatable bonds is 9. The predicted molar refractivity (Wildman–Crippen MR) is 61.6 cm³/mol. The van der Waals surface area contributed by atoms with Gasteiger partial charge in [-0.15, -0.1) is 0 Å². The molecule has 1 aliphatic heterocycles. The second-order valence-corrected chi connectivity index (χ2v) is 3.99. The summed E-state index contributed by atoms with van der Waals surface area (Å²) < 4.78 is 15.4. The fourth-order valence-corrected chi connectivity index (χ4v) is 1.63. The van der Waals surface area contributed by atoms with Crippen LogP contribution in [0.2, 0.25) is 0 Å². The number of aliphatic hydroxyl groups is 1. The first-order valence-electron chi connectivity index (χ1n) is 6.29. The highest BCUT2D eigenvalue weighted by Gasteiger charge is 2.25. The van der Waals surface area contributed by atoms with E-state index in [0.29, 0.717) is 32.6 Å². The standard InChI is InChI=1S/C12H23O4/c13-8-6-4-2-1-3-5-7-9-14-12-15-10-11-16-12/h13H,1-11H2/q+1. The van der Waals surface area contributed by atoms with Gasteiger partial charge in [-0.2, -0.15) is 0 Å². The molecule has 4 nitrogen and oxygen atoms in total. The lowest BCUT2D eigenvalue weighted by atomic mass is 10.1. The summed E-state index contributed by atoms with van der Waals surface area (Å²) in [6.07, 6.45) is 8.40. The zero-order valence-corrected chi connectivity index (χ0v) is 9.95. The normalized spacial score (nSPS) is 14.7. The molecule has 1 fully saturated rings. The van der Waals surface area contributed by atoms with Crippen LogP contribution in [-0.2, 0) is 9.47 Å². The highest BCUT2D eigenvalue weighted by atomic mass is 16.8. The van der Waals surface area contributed by atoms with E-state index in [1.165, 1.54) is 25.7 Å².